The Labute approximate surface area is 122 Å². The van der Waals surface area contributed by atoms with Crippen molar-refractivity contribution in [3.8, 4) is 5.75 Å². The van der Waals surface area contributed by atoms with Crippen LogP contribution in [-0.4, -0.2) is 26.2 Å². The lowest BCUT2D eigenvalue weighted by Crippen LogP contribution is -2.17. The van der Waals surface area contributed by atoms with E-state index in [4.69, 9.17) is 18.0 Å². The van der Waals surface area contributed by atoms with Gasteiger partial charge in [-0.25, -0.2) is 0 Å². The van der Waals surface area contributed by atoms with Crippen LogP contribution >= 0.6 is 28.1 Å². The van der Waals surface area contributed by atoms with E-state index in [1.807, 2.05) is 0 Å². The van der Waals surface area contributed by atoms with E-state index in [2.05, 4.69) is 31.4 Å². The van der Waals surface area contributed by atoms with Gasteiger partial charge in [-0.3, -0.25) is 9.89 Å². The molecule has 1 heterocycles. The second-order valence-corrected chi connectivity index (χ2v) is 4.99. The zero-order valence-corrected chi connectivity index (χ0v) is 11.9. The van der Waals surface area contributed by atoms with Crippen molar-refractivity contribution < 1.29 is 9.90 Å². The number of carbonyl (C=O) groups excluding carboxylic acids is 1. The number of aromatic hydroxyl groups is 1. The average Bonchev–Trinajstić information content (AvgIpc) is 2.76. The van der Waals surface area contributed by atoms with Crippen LogP contribution in [0, 0.1) is 0 Å². The highest BCUT2D eigenvalue weighted by molar-refractivity contribution is 9.10. The maximum Gasteiger partial charge on any atom is 0.260 e. The standard InChI is InChI=1S/C11H9BrN4O2S/c12-5-1-2-6(8(17)3-5)11(18)15-10-7(9(13)19)4-14-16-10/h1-4,17H,(H2,13,19)(H2,14,15,16,18). The fourth-order valence-electron chi connectivity index (χ4n) is 1.45. The summed E-state index contributed by atoms with van der Waals surface area (Å²) < 4.78 is 0.673. The maximum atomic E-state index is 12.0. The molecule has 2 aromatic rings. The number of carbonyl (C=O) groups is 1. The van der Waals surface area contributed by atoms with Crippen LogP contribution in [0.25, 0.3) is 0 Å². The number of nitrogens with zero attached hydrogens (tertiary/aromatic N) is 1. The first kappa shape index (κ1) is 13.5. The zero-order valence-electron chi connectivity index (χ0n) is 9.48. The Hall–Kier alpha value is -1.93. The number of anilines is 1. The molecule has 6 nitrogen and oxygen atoms in total. The normalized spacial score (nSPS) is 10.2. The molecular weight excluding hydrogens is 332 g/mol. The number of hydrogen-bond acceptors (Lipinski definition) is 4. The van der Waals surface area contributed by atoms with Crippen molar-refractivity contribution in [3.05, 3.63) is 40.0 Å². The maximum absolute atomic E-state index is 12.0. The molecule has 0 fully saturated rings. The molecule has 98 valence electrons. The van der Waals surface area contributed by atoms with E-state index in [-0.39, 0.29) is 16.3 Å². The van der Waals surface area contributed by atoms with Crippen molar-refractivity contribution in [3.63, 3.8) is 0 Å². The minimum atomic E-state index is -0.494. The molecule has 0 radical (unpaired) electrons. The molecule has 0 bridgehead atoms. The molecule has 19 heavy (non-hydrogen) atoms. The minimum Gasteiger partial charge on any atom is -0.507 e. The SMILES string of the molecule is NC(=S)c1cn[nH]c1NC(=O)c1ccc(Br)cc1O. The quantitative estimate of drug-likeness (QED) is 0.637. The number of phenolic OH excluding ortho intramolecular Hbond substituents is 1. The molecular formula is C11H9BrN4O2S. The number of nitrogens with two attached hydrogens (primary N) is 1. The van der Waals surface area contributed by atoms with Gasteiger partial charge in [0.15, 0.2) is 0 Å². The number of halogens is 1. The lowest BCUT2D eigenvalue weighted by Gasteiger charge is -2.06. The molecule has 0 unspecified atom stereocenters. The van der Waals surface area contributed by atoms with Crippen LogP contribution in [0.3, 0.4) is 0 Å². The summed E-state index contributed by atoms with van der Waals surface area (Å²) in [5, 5.41) is 18.6. The van der Waals surface area contributed by atoms with Gasteiger partial charge in [-0.15, -0.1) is 0 Å². The van der Waals surface area contributed by atoms with Gasteiger partial charge in [0, 0.05) is 4.47 Å². The highest BCUT2D eigenvalue weighted by Gasteiger charge is 2.15. The van der Waals surface area contributed by atoms with Gasteiger partial charge >= 0.3 is 0 Å². The van der Waals surface area contributed by atoms with Crippen LogP contribution < -0.4 is 11.1 Å². The van der Waals surface area contributed by atoms with Gasteiger partial charge in [0.05, 0.1) is 17.3 Å². The van der Waals surface area contributed by atoms with Gasteiger partial charge in [0.25, 0.3) is 5.91 Å². The van der Waals surface area contributed by atoms with Gasteiger partial charge in [-0.1, -0.05) is 28.1 Å². The van der Waals surface area contributed by atoms with E-state index in [0.29, 0.717) is 15.9 Å². The highest BCUT2D eigenvalue weighted by atomic mass is 79.9. The number of H-pyrrole nitrogens is 1. The number of rotatable bonds is 3. The summed E-state index contributed by atoms with van der Waals surface area (Å²) in [6.07, 6.45) is 1.42. The zero-order chi connectivity index (χ0) is 14.0. The van der Waals surface area contributed by atoms with Crippen LogP contribution in [0.1, 0.15) is 15.9 Å². The summed E-state index contributed by atoms with van der Waals surface area (Å²) in [5.74, 6) is -0.338. The Kier molecular flexibility index (Phi) is 3.82. The van der Waals surface area contributed by atoms with E-state index >= 15 is 0 Å². The lowest BCUT2D eigenvalue weighted by molar-refractivity contribution is 0.102. The molecule has 8 heteroatoms. The molecule has 0 saturated carbocycles. The predicted molar refractivity (Wildman–Crippen MR) is 78.2 cm³/mol. The number of nitrogens with one attached hydrogen (secondary N) is 2. The summed E-state index contributed by atoms with van der Waals surface area (Å²) >= 11 is 8.02. The Balaban J connectivity index is 2.26. The van der Waals surface area contributed by atoms with Crippen LogP contribution in [-0.2, 0) is 0 Å². The first-order valence-electron chi connectivity index (χ1n) is 5.12. The first-order valence-corrected chi connectivity index (χ1v) is 6.32. The fraction of sp³-hybridized carbons (Fsp3) is 0. The molecule has 1 aromatic heterocycles. The monoisotopic (exact) mass is 340 g/mol. The van der Waals surface area contributed by atoms with E-state index in [9.17, 15) is 9.90 Å². The number of thiocarbonyl (C=S) groups is 1. The highest BCUT2D eigenvalue weighted by Crippen LogP contribution is 2.23. The van der Waals surface area contributed by atoms with Crippen LogP contribution in [0.5, 0.6) is 5.75 Å². The topological polar surface area (TPSA) is 104 Å². The van der Waals surface area contributed by atoms with E-state index in [1.54, 1.807) is 6.07 Å². The molecule has 0 spiro atoms. The number of aromatic amines is 1. The Bertz CT molecular complexity index is 656. The number of hydrogen-bond donors (Lipinski definition) is 4. The minimum absolute atomic E-state index is 0.115. The lowest BCUT2D eigenvalue weighted by atomic mass is 10.2. The Morgan fingerprint density at radius 1 is 1.47 bits per heavy atom. The number of benzene rings is 1. The molecule has 1 amide bonds. The van der Waals surface area contributed by atoms with Crippen molar-refractivity contribution in [2.24, 2.45) is 5.73 Å². The van der Waals surface area contributed by atoms with Crippen molar-refractivity contribution in [1.82, 2.24) is 10.2 Å². The molecule has 0 aliphatic carbocycles. The summed E-state index contributed by atoms with van der Waals surface area (Å²) in [4.78, 5) is 12.1. The van der Waals surface area contributed by atoms with Crippen LogP contribution in [0.15, 0.2) is 28.9 Å². The number of amides is 1. The van der Waals surface area contributed by atoms with Crippen molar-refractivity contribution >= 4 is 44.9 Å². The second kappa shape index (κ2) is 5.37. The van der Waals surface area contributed by atoms with Gasteiger partial charge in [0.1, 0.15) is 16.6 Å². The first-order chi connectivity index (χ1) is 8.99. The largest absolute Gasteiger partial charge is 0.507 e. The molecule has 1 aromatic carbocycles. The van der Waals surface area contributed by atoms with Crippen molar-refractivity contribution in [2.75, 3.05) is 5.32 Å². The summed E-state index contributed by atoms with van der Waals surface area (Å²) in [5.41, 5.74) is 6.05. The van der Waals surface area contributed by atoms with E-state index in [0.717, 1.165) is 0 Å². The third-order valence-corrected chi connectivity index (χ3v) is 3.06. The Morgan fingerprint density at radius 3 is 2.84 bits per heavy atom. The van der Waals surface area contributed by atoms with Gasteiger partial charge < -0.3 is 16.2 Å². The summed E-state index contributed by atoms with van der Waals surface area (Å²) in [7, 11) is 0. The fourth-order valence-corrected chi connectivity index (χ4v) is 1.95. The smallest absolute Gasteiger partial charge is 0.260 e. The molecule has 0 atom stereocenters. The van der Waals surface area contributed by atoms with Crippen molar-refractivity contribution in [2.45, 2.75) is 0 Å². The van der Waals surface area contributed by atoms with E-state index < -0.39 is 5.91 Å². The predicted octanol–water partition coefficient (Wildman–Crippen LogP) is 1.76. The molecule has 0 aliphatic rings. The number of aromatic nitrogens is 2. The van der Waals surface area contributed by atoms with Gasteiger partial charge in [0.2, 0.25) is 0 Å². The molecule has 5 N–H and O–H groups in total. The summed E-state index contributed by atoms with van der Waals surface area (Å²) in [6.45, 7) is 0. The van der Waals surface area contributed by atoms with E-state index in [1.165, 1.54) is 18.3 Å². The molecule has 0 aliphatic heterocycles. The molecule has 2 rings (SSSR count). The average molecular weight is 341 g/mol. The molecule has 0 saturated heterocycles. The second-order valence-electron chi connectivity index (χ2n) is 3.64. The van der Waals surface area contributed by atoms with Crippen molar-refractivity contribution in [1.29, 1.82) is 0 Å². The third kappa shape index (κ3) is 2.91. The van der Waals surface area contributed by atoms with Crippen LogP contribution in [0.2, 0.25) is 0 Å². The number of phenols is 1. The Morgan fingerprint density at radius 2 is 2.21 bits per heavy atom. The van der Waals surface area contributed by atoms with Gasteiger partial charge in [-0.05, 0) is 18.2 Å². The van der Waals surface area contributed by atoms with Crippen LogP contribution in [0.4, 0.5) is 5.82 Å². The third-order valence-electron chi connectivity index (χ3n) is 2.35. The summed E-state index contributed by atoms with van der Waals surface area (Å²) in [6, 6.07) is 4.57. The van der Waals surface area contributed by atoms with Gasteiger partial charge in [-0.2, -0.15) is 5.10 Å².